The van der Waals surface area contributed by atoms with Gasteiger partial charge in [-0.25, -0.2) is 0 Å². The number of aromatic nitrogens is 1. The standard InChI is InChI=1S/C17H23N3/c1-12-10-20(11-13(12)2)17-8-14(9-18-3)19-16-7-5-4-6-15(16)17/h4-8,12-13,18H,9-11H2,1-3H3. The van der Waals surface area contributed by atoms with Crippen LogP contribution in [-0.2, 0) is 6.54 Å². The van der Waals surface area contributed by atoms with E-state index in [2.05, 4.69) is 54.4 Å². The van der Waals surface area contributed by atoms with E-state index in [-0.39, 0.29) is 0 Å². The molecule has 2 heterocycles. The summed E-state index contributed by atoms with van der Waals surface area (Å²) in [5, 5.41) is 4.47. The Morgan fingerprint density at radius 2 is 1.90 bits per heavy atom. The van der Waals surface area contributed by atoms with Gasteiger partial charge in [0.05, 0.1) is 11.2 Å². The lowest BCUT2D eigenvalue weighted by Gasteiger charge is -2.21. The van der Waals surface area contributed by atoms with Gasteiger partial charge in [-0.15, -0.1) is 0 Å². The van der Waals surface area contributed by atoms with Crippen molar-refractivity contribution in [2.75, 3.05) is 25.0 Å². The lowest BCUT2D eigenvalue weighted by atomic mass is 10.0. The molecule has 0 saturated carbocycles. The van der Waals surface area contributed by atoms with Crippen LogP contribution in [0, 0.1) is 11.8 Å². The van der Waals surface area contributed by atoms with Crippen LogP contribution in [0.3, 0.4) is 0 Å². The van der Waals surface area contributed by atoms with E-state index in [0.717, 1.165) is 42.7 Å². The van der Waals surface area contributed by atoms with Crippen LogP contribution in [0.5, 0.6) is 0 Å². The molecule has 0 radical (unpaired) electrons. The van der Waals surface area contributed by atoms with E-state index in [1.165, 1.54) is 11.1 Å². The molecule has 0 amide bonds. The van der Waals surface area contributed by atoms with Gasteiger partial charge in [0.15, 0.2) is 0 Å². The van der Waals surface area contributed by atoms with Crippen molar-refractivity contribution >= 4 is 16.6 Å². The summed E-state index contributed by atoms with van der Waals surface area (Å²) in [6.45, 7) is 7.81. The molecule has 106 valence electrons. The summed E-state index contributed by atoms with van der Waals surface area (Å²) in [6, 6.07) is 10.7. The number of fused-ring (bicyclic) bond motifs is 1. The third-order valence-corrected chi connectivity index (χ3v) is 4.43. The third kappa shape index (κ3) is 2.38. The van der Waals surface area contributed by atoms with Crippen molar-refractivity contribution in [2.45, 2.75) is 20.4 Å². The Balaban J connectivity index is 2.08. The molecule has 1 aromatic carbocycles. The smallest absolute Gasteiger partial charge is 0.0726 e. The number of hydrogen-bond acceptors (Lipinski definition) is 3. The zero-order valence-electron chi connectivity index (χ0n) is 12.6. The molecule has 1 saturated heterocycles. The van der Waals surface area contributed by atoms with Crippen LogP contribution >= 0.6 is 0 Å². The molecule has 1 aliphatic heterocycles. The fourth-order valence-electron chi connectivity index (χ4n) is 3.07. The van der Waals surface area contributed by atoms with Gasteiger partial charge in [-0.05, 0) is 31.0 Å². The molecule has 3 rings (SSSR count). The molecule has 20 heavy (non-hydrogen) atoms. The van der Waals surface area contributed by atoms with Crippen LogP contribution in [0.2, 0.25) is 0 Å². The van der Waals surface area contributed by atoms with Crippen LogP contribution in [-0.4, -0.2) is 25.1 Å². The first-order chi connectivity index (χ1) is 9.69. The second-order valence-electron chi connectivity index (χ2n) is 6.04. The Labute approximate surface area is 121 Å². The topological polar surface area (TPSA) is 28.2 Å². The van der Waals surface area contributed by atoms with E-state index in [0.29, 0.717) is 0 Å². The molecule has 2 unspecified atom stereocenters. The highest BCUT2D eigenvalue weighted by molar-refractivity contribution is 5.92. The fourth-order valence-corrected chi connectivity index (χ4v) is 3.07. The zero-order valence-corrected chi connectivity index (χ0v) is 12.6. The maximum Gasteiger partial charge on any atom is 0.0726 e. The van der Waals surface area contributed by atoms with Crippen molar-refractivity contribution in [3.63, 3.8) is 0 Å². The minimum atomic E-state index is 0.759. The van der Waals surface area contributed by atoms with Crippen LogP contribution < -0.4 is 10.2 Å². The number of rotatable bonds is 3. The minimum Gasteiger partial charge on any atom is -0.370 e. The number of pyridine rings is 1. The normalized spacial score (nSPS) is 22.6. The lowest BCUT2D eigenvalue weighted by Crippen LogP contribution is -2.20. The predicted molar refractivity (Wildman–Crippen MR) is 85.0 cm³/mol. The van der Waals surface area contributed by atoms with Crippen LogP contribution in [0.4, 0.5) is 5.69 Å². The maximum absolute atomic E-state index is 4.75. The third-order valence-electron chi connectivity index (χ3n) is 4.43. The summed E-state index contributed by atoms with van der Waals surface area (Å²) in [7, 11) is 1.97. The molecule has 0 bridgehead atoms. The lowest BCUT2D eigenvalue weighted by molar-refractivity contribution is 0.494. The van der Waals surface area contributed by atoms with Crippen molar-refractivity contribution in [1.29, 1.82) is 0 Å². The van der Waals surface area contributed by atoms with Crippen LogP contribution in [0.15, 0.2) is 30.3 Å². The van der Waals surface area contributed by atoms with E-state index in [9.17, 15) is 0 Å². The summed E-state index contributed by atoms with van der Waals surface area (Å²) in [5.41, 5.74) is 3.56. The highest BCUT2D eigenvalue weighted by Gasteiger charge is 2.27. The highest BCUT2D eigenvalue weighted by atomic mass is 15.2. The van der Waals surface area contributed by atoms with Gasteiger partial charge >= 0.3 is 0 Å². The van der Waals surface area contributed by atoms with Gasteiger partial charge in [0.25, 0.3) is 0 Å². The number of hydrogen-bond donors (Lipinski definition) is 1. The van der Waals surface area contributed by atoms with Gasteiger partial charge in [0.1, 0.15) is 0 Å². The molecule has 0 spiro atoms. The Morgan fingerprint density at radius 3 is 2.60 bits per heavy atom. The highest BCUT2D eigenvalue weighted by Crippen LogP contribution is 2.33. The first-order valence-electron chi connectivity index (χ1n) is 7.47. The van der Waals surface area contributed by atoms with Crippen molar-refractivity contribution in [2.24, 2.45) is 11.8 Å². The van der Waals surface area contributed by atoms with Crippen LogP contribution in [0.1, 0.15) is 19.5 Å². The first kappa shape index (κ1) is 13.4. The van der Waals surface area contributed by atoms with Crippen LogP contribution in [0.25, 0.3) is 10.9 Å². The molecule has 1 aromatic heterocycles. The Morgan fingerprint density at radius 1 is 1.20 bits per heavy atom. The molecule has 1 fully saturated rings. The second kappa shape index (κ2) is 5.41. The Kier molecular flexibility index (Phi) is 3.62. The molecule has 3 heteroatoms. The molecule has 2 atom stereocenters. The summed E-state index contributed by atoms with van der Waals surface area (Å²) in [6.07, 6.45) is 0. The van der Waals surface area contributed by atoms with Crippen molar-refractivity contribution in [3.05, 3.63) is 36.0 Å². The number of anilines is 1. The largest absolute Gasteiger partial charge is 0.370 e. The van der Waals surface area contributed by atoms with E-state index in [4.69, 9.17) is 4.98 Å². The van der Waals surface area contributed by atoms with Crippen molar-refractivity contribution in [3.8, 4) is 0 Å². The average molecular weight is 269 g/mol. The van der Waals surface area contributed by atoms with Gasteiger partial charge in [-0.2, -0.15) is 0 Å². The van der Waals surface area contributed by atoms with Gasteiger partial charge in [0, 0.05) is 30.7 Å². The number of benzene rings is 1. The molecule has 1 aliphatic rings. The number of para-hydroxylation sites is 1. The van der Waals surface area contributed by atoms with Gasteiger partial charge < -0.3 is 10.2 Å². The number of nitrogens with zero attached hydrogens (tertiary/aromatic N) is 2. The number of nitrogens with one attached hydrogen (secondary N) is 1. The quantitative estimate of drug-likeness (QED) is 0.928. The fraction of sp³-hybridized carbons (Fsp3) is 0.471. The summed E-state index contributed by atoms with van der Waals surface area (Å²) in [5.74, 6) is 1.52. The van der Waals surface area contributed by atoms with Crippen molar-refractivity contribution < 1.29 is 0 Å². The SMILES string of the molecule is CNCc1cc(N2CC(C)C(C)C2)c2ccccc2n1. The van der Waals surface area contributed by atoms with Gasteiger partial charge in [-0.3, -0.25) is 4.98 Å². The zero-order chi connectivity index (χ0) is 14.1. The summed E-state index contributed by atoms with van der Waals surface area (Å²) in [4.78, 5) is 7.27. The maximum atomic E-state index is 4.75. The summed E-state index contributed by atoms with van der Waals surface area (Å²) < 4.78 is 0. The molecule has 3 nitrogen and oxygen atoms in total. The van der Waals surface area contributed by atoms with Gasteiger partial charge in [-0.1, -0.05) is 32.0 Å². The Bertz CT molecular complexity index is 598. The molecule has 1 N–H and O–H groups in total. The summed E-state index contributed by atoms with van der Waals surface area (Å²) >= 11 is 0. The van der Waals surface area contributed by atoms with E-state index in [1.807, 2.05) is 7.05 Å². The average Bonchev–Trinajstić information content (AvgIpc) is 2.78. The van der Waals surface area contributed by atoms with Crippen molar-refractivity contribution in [1.82, 2.24) is 10.3 Å². The van der Waals surface area contributed by atoms with E-state index in [1.54, 1.807) is 0 Å². The molecule has 2 aromatic rings. The monoisotopic (exact) mass is 269 g/mol. The Hall–Kier alpha value is -1.61. The second-order valence-corrected chi connectivity index (χ2v) is 6.04. The molecular weight excluding hydrogens is 246 g/mol. The first-order valence-corrected chi connectivity index (χ1v) is 7.47. The predicted octanol–water partition coefficient (Wildman–Crippen LogP) is 3.05. The van der Waals surface area contributed by atoms with Gasteiger partial charge in [0.2, 0.25) is 0 Å². The van der Waals surface area contributed by atoms with E-state index >= 15 is 0 Å². The molecular formula is C17H23N3. The minimum absolute atomic E-state index is 0.759. The molecule has 0 aliphatic carbocycles. The van der Waals surface area contributed by atoms with E-state index < -0.39 is 0 Å².